The Morgan fingerprint density at radius 3 is 1.19 bits per heavy atom. The Morgan fingerprint density at radius 2 is 0.875 bits per heavy atom. The van der Waals surface area contributed by atoms with Gasteiger partial charge in [0, 0.05) is 12.1 Å². The van der Waals surface area contributed by atoms with E-state index in [0.29, 0.717) is 11.8 Å². The topological polar surface area (TPSA) is 52.0 Å². The summed E-state index contributed by atoms with van der Waals surface area (Å²) in [6, 6.07) is 0.534. The zero-order valence-corrected chi connectivity index (χ0v) is 10.5. The van der Waals surface area contributed by atoms with E-state index >= 15 is 0 Å². The monoisotopic (exact) mass is 224 g/mol. The summed E-state index contributed by atoms with van der Waals surface area (Å²) in [6.07, 6.45) is 13.6. The Labute approximate surface area is 100 Å². The van der Waals surface area contributed by atoms with Gasteiger partial charge in [-0.25, -0.2) is 0 Å². The van der Waals surface area contributed by atoms with E-state index in [9.17, 15) is 0 Å². The molecule has 2 rings (SSSR count). The molecule has 0 bridgehead atoms. The molecule has 2 nitrogen and oxygen atoms in total. The molecular formula is C14H28N2. The van der Waals surface area contributed by atoms with E-state index in [-0.39, 0.29) is 12.1 Å². The van der Waals surface area contributed by atoms with Crippen LogP contribution < -0.4 is 11.5 Å². The van der Waals surface area contributed by atoms with Gasteiger partial charge in [0.1, 0.15) is 0 Å². The van der Waals surface area contributed by atoms with Crippen molar-refractivity contribution in [2.45, 2.75) is 76.3 Å². The molecule has 0 aromatic rings. The van der Waals surface area contributed by atoms with E-state index in [1.807, 2.05) is 0 Å². The number of hydrogen-bond donors (Lipinski definition) is 2. The van der Waals surface area contributed by atoms with Crippen LogP contribution in [-0.4, -0.2) is 12.1 Å². The highest BCUT2D eigenvalue weighted by atomic mass is 14.8. The first-order valence-electron chi connectivity index (χ1n) is 7.30. The van der Waals surface area contributed by atoms with Crippen molar-refractivity contribution >= 4 is 0 Å². The Balaban J connectivity index is 1.84. The molecule has 94 valence electrons. The minimum atomic E-state index is 0.267. The standard InChI is InChI=1S/C14H28N2/c15-13(11-7-3-1-4-8-11)14(16)12-9-5-2-6-10-12/h11-14H,1-10,15-16H2/t13-,14-/m1/s1. The first-order valence-corrected chi connectivity index (χ1v) is 7.30. The van der Waals surface area contributed by atoms with Crippen LogP contribution in [0, 0.1) is 11.8 Å². The van der Waals surface area contributed by atoms with Crippen molar-refractivity contribution in [3.05, 3.63) is 0 Å². The molecule has 2 saturated carbocycles. The first-order chi connectivity index (χ1) is 7.79. The summed E-state index contributed by atoms with van der Waals surface area (Å²) in [7, 11) is 0. The summed E-state index contributed by atoms with van der Waals surface area (Å²) in [6.45, 7) is 0. The molecule has 2 heteroatoms. The fourth-order valence-corrected chi connectivity index (χ4v) is 3.67. The van der Waals surface area contributed by atoms with Crippen LogP contribution in [0.15, 0.2) is 0 Å². The molecule has 0 amide bonds. The third-order valence-electron chi connectivity index (χ3n) is 4.83. The summed E-state index contributed by atoms with van der Waals surface area (Å²) >= 11 is 0. The van der Waals surface area contributed by atoms with Crippen molar-refractivity contribution in [3.8, 4) is 0 Å². The van der Waals surface area contributed by atoms with Gasteiger partial charge in [0.05, 0.1) is 0 Å². The van der Waals surface area contributed by atoms with Crippen LogP contribution in [-0.2, 0) is 0 Å². The van der Waals surface area contributed by atoms with Crippen molar-refractivity contribution in [1.82, 2.24) is 0 Å². The molecule has 0 aliphatic heterocycles. The molecule has 0 radical (unpaired) electrons. The van der Waals surface area contributed by atoms with E-state index in [1.165, 1.54) is 64.2 Å². The van der Waals surface area contributed by atoms with Gasteiger partial charge in [-0.05, 0) is 37.5 Å². The summed E-state index contributed by atoms with van der Waals surface area (Å²) in [4.78, 5) is 0. The van der Waals surface area contributed by atoms with E-state index in [1.54, 1.807) is 0 Å². The Morgan fingerprint density at radius 1 is 0.562 bits per heavy atom. The molecule has 0 saturated heterocycles. The highest BCUT2D eigenvalue weighted by Gasteiger charge is 2.30. The lowest BCUT2D eigenvalue weighted by Crippen LogP contribution is -2.51. The first kappa shape index (κ1) is 12.4. The summed E-state index contributed by atoms with van der Waals surface area (Å²) < 4.78 is 0. The van der Waals surface area contributed by atoms with Gasteiger partial charge in [-0.2, -0.15) is 0 Å². The van der Waals surface area contributed by atoms with Gasteiger partial charge in [-0.1, -0.05) is 38.5 Å². The van der Waals surface area contributed by atoms with Crippen LogP contribution in [0.1, 0.15) is 64.2 Å². The zero-order valence-electron chi connectivity index (χ0n) is 10.5. The minimum Gasteiger partial charge on any atom is -0.326 e. The number of hydrogen-bond acceptors (Lipinski definition) is 2. The van der Waals surface area contributed by atoms with Crippen molar-refractivity contribution in [2.24, 2.45) is 23.3 Å². The molecule has 16 heavy (non-hydrogen) atoms. The van der Waals surface area contributed by atoms with E-state index in [0.717, 1.165) is 0 Å². The third kappa shape index (κ3) is 2.98. The van der Waals surface area contributed by atoms with Crippen LogP contribution in [0.25, 0.3) is 0 Å². The quantitative estimate of drug-likeness (QED) is 0.774. The van der Waals surface area contributed by atoms with Gasteiger partial charge in [-0.15, -0.1) is 0 Å². The molecule has 2 aliphatic carbocycles. The van der Waals surface area contributed by atoms with Crippen LogP contribution in [0.2, 0.25) is 0 Å². The molecule has 0 aromatic heterocycles. The number of rotatable bonds is 3. The second-order valence-electron chi connectivity index (χ2n) is 5.95. The lowest BCUT2D eigenvalue weighted by atomic mass is 9.75. The normalized spacial score (nSPS) is 28.9. The van der Waals surface area contributed by atoms with E-state index in [4.69, 9.17) is 11.5 Å². The second kappa shape index (κ2) is 6.02. The lowest BCUT2D eigenvalue weighted by molar-refractivity contribution is 0.210. The molecule has 2 atom stereocenters. The smallest absolute Gasteiger partial charge is 0.0223 e. The van der Waals surface area contributed by atoms with E-state index in [2.05, 4.69) is 0 Å². The molecule has 0 unspecified atom stereocenters. The van der Waals surface area contributed by atoms with Gasteiger partial charge < -0.3 is 11.5 Å². The number of nitrogens with two attached hydrogens (primary N) is 2. The SMILES string of the molecule is N[C@H](C1CCCCC1)[C@H](N)C1CCCCC1. The van der Waals surface area contributed by atoms with Crippen LogP contribution in [0.5, 0.6) is 0 Å². The van der Waals surface area contributed by atoms with Gasteiger partial charge in [0.2, 0.25) is 0 Å². The Hall–Kier alpha value is -0.0800. The Bertz CT molecular complexity index is 171. The highest BCUT2D eigenvalue weighted by molar-refractivity contribution is 4.89. The lowest BCUT2D eigenvalue weighted by Gasteiger charge is -2.37. The van der Waals surface area contributed by atoms with Crippen molar-refractivity contribution in [3.63, 3.8) is 0 Å². The molecular weight excluding hydrogens is 196 g/mol. The summed E-state index contributed by atoms with van der Waals surface area (Å²) in [5.74, 6) is 1.43. The van der Waals surface area contributed by atoms with Gasteiger partial charge >= 0.3 is 0 Å². The second-order valence-corrected chi connectivity index (χ2v) is 5.95. The van der Waals surface area contributed by atoms with Crippen molar-refractivity contribution < 1.29 is 0 Å². The molecule has 2 aliphatic rings. The van der Waals surface area contributed by atoms with E-state index < -0.39 is 0 Å². The van der Waals surface area contributed by atoms with Crippen LogP contribution in [0.3, 0.4) is 0 Å². The molecule has 0 spiro atoms. The van der Waals surface area contributed by atoms with Gasteiger partial charge in [0.25, 0.3) is 0 Å². The third-order valence-corrected chi connectivity index (χ3v) is 4.83. The molecule has 0 heterocycles. The summed E-state index contributed by atoms with van der Waals surface area (Å²) in [5, 5.41) is 0. The largest absolute Gasteiger partial charge is 0.326 e. The fraction of sp³-hybridized carbons (Fsp3) is 1.00. The highest BCUT2D eigenvalue weighted by Crippen LogP contribution is 2.32. The van der Waals surface area contributed by atoms with Crippen LogP contribution in [0.4, 0.5) is 0 Å². The summed E-state index contributed by atoms with van der Waals surface area (Å²) in [5.41, 5.74) is 12.8. The van der Waals surface area contributed by atoms with Crippen molar-refractivity contribution in [1.29, 1.82) is 0 Å². The Kier molecular flexibility index (Phi) is 4.66. The molecule has 0 aromatic carbocycles. The maximum absolute atomic E-state index is 6.40. The maximum Gasteiger partial charge on any atom is 0.0223 e. The molecule has 4 N–H and O–H groups in total. The fourth-order valence-electron chi connectivity index (χ4n) is 3.67. The van der Waals surface area contributed by atoms with Gasteiger partial charge in [-0.3, -0.25) is 0 Å². The maximum atomic E-state index is 6.40. The predicted octanol–water partition coefficient (Wildman–Crippen LogP) is 2.80. The van der Waals surface area contributed by atoms with Gasteiger partial charge in [0.15, 0.2) is 0 Å². The predicted molar refractivity (Wildman–Crippen MR) is 69.1 cm³/mol. The average molecular weight is 224 g/mol. The minimum absolute atomic E-state index is 0.267. The molecule has 2 fully saturated rings. The van der Waals surface area contributed by atoms with Crippen LogP contribution >= 0.6 is 0 Å². The van der Waals surface area contributed by atoms with Crippen molar-refractivity contribution in [2.75, 3.05) is 0 Å². The average Bonchev–Trinajstić information content (AvgIpc) is 2.39. The zero-order chi connectivity index (χ0) is 11.4.